The number of hydrogen-bond acceptors (Lipinski definition) is 3. The first-order valence-electron chi connectivity index (χ1n) is 8.94. The van der Waals surface area contributed by atoms with E-state index in [0.29, 0.717) is 17.7 Å². The normalized spacial score (nSPS) is 14.7. The second-order valence-electron chi connectivity index (χ2n) is 6.60. The number of rotatable bonds is 8. The van der Waals surface area contributed by atoms with E-state index < -0.39 is 18.4 Å². The first kappa shape index (κ1) is 19.0. The number of benzene rings is 1. The maximum atomic E-state index is 12.0. The minimum atomic E-state index is -1.09. The molecular formula is C19H26N2O4. The monoisotopic (exact) mass is 346 g/mol. The van der Waals surface area contributed by atoms with Crippen LogP contribution in [-0.2, 0) is 9.59 Å². The van der Waals surface area contributed by atoms with Gasteiger partial charge in [0.25, 0.3) is 5.91 Å². The quantitative estimate of drug-likeness (QED) is 0.673. The van der Waals surface area contributed by atoms with Crippen LogP contribution < -0.4 is 10.6 Å². The smallest absolute Gasteiger partial charge is 0.322 e. The number of carboxylic acids is 1. The summed E-state index contributed by atoms with van der Waals surface area (Å²) in [6.45, 7) is -0.418. The minimum Gasteiger partial charge on any atom is -0.480 e. The molecule has 0 heterocycles. The molecule has 1 aromatic carbocycles. The summed E-state index contributed by atoms with van der Waals surface area (Å²) < 4.78 is 0. The summed E-state index contributed by atoms with van der Waals surface area (Å²) in [4.78, 5) is 34.1. The maximum Gasteiger partial charge on any atom is 0.322 e. The average molecular weight is 346 g/mol. The maximum absolute atomic E-state index is 12.0. The van der Waals surface area contributed by atoms with Gasteiger partial charge in [0.05, 0.1) is 0 Å². The number of anilines is 1. The lowest BCUT2D eigenvalue weighted by molar-refractivity contribution is -0.135. The number of carboxylic acid groups (broad SMARTS) is 1. The zero-order valence-corrected chi connectivity index (χ0v) is 14.4. The molecular weight excluding hydrogens is 320 g/mol. The third kappa shape index (κ3) is 6.95. The molecule has 0 spiro atoms. The predicted octanol–water partition coefficient (Wildman–Crippen LogP) is 3.19. The van der Waals surface area contributed by atoms with Gasteiger partial charge >= 0.3 is 5.97 Å². The third-order valence-corrected chi connectivity index (χ3v) is 4.57. The lowest BCUT2D eigenvalue weighted by atomic mass is 9.86. The summed E-state index contributed by atoms with van der Waals surface area (Å²) in [5.41, 5.74) is 0.994. The van der Waals surface area contributed by atoms with Crippen LogP contribution in [-0.4, -0.2) is 29.4 Å². The van der Waals surface area contributed by atoms with Crippen molar-refractivity contribution in [1.29, 1.82) is 0 Å². The van der Waals surface area contributed by atoms with E-state index in [1.807, 2.05) is 0 Å². The first-order chi connectivity index (χ1) is 12.0. The molecule has 0 aliphatic heterocycles. The van der Waals surface area contributed by atoms with E-state index in [1.54, 1.807) is 24.3 Å². The van der Waals surface area contributed by atoms with Crippen molar-refractivity contribution in [2.24, 2.45) is 5.92 Å². The lowest BCUT2D eigenvalue weighted by Gasteiger charge is -2.21. The van der Waals surface area contributed by atoms with Gasteiger partial charge in [-0.2, -0.15) is 0 Å². The summed E-state index contributed by atoms with van der Waals surface area (Å²) in [5, 5.41) is 13.7. The van der Waals surface area contributed by atoms with Crippen molar-refractivity contribution in [2.75, 3.05) is 11.9 Å². The number of carbonyl (C=O) groups is 3. The van der Waals surface area contributed by atoms with Crippen LogP contribution in [0.3, 0.4) is 0 Å². The standard InChI is InChI=1S/C19H26N2O4/c22-17(8-4-7-14-5-2-1-3-6-14)21-16-11-9-15(10-12-16)19(25)20-13-18(23)24/h9-12,14H,1-8,13H2,(H,20,25)(H,21,22)(H,23,24). The molecule has 0 aromatic heterocycles. The van der Waals surface area contributed by atoms with E-state index >= 15 is 0 Å². The summed E-state index contributed by atoms with van der Waals surface area (Å²) in [6, 6.07) is 6.42. The highest BCUT2D eigenvalue weighted by molar-refractivity contribution is 5.97. The topological polar surface area (TPSA) is 95.5 Å². The van der Waals surface area contributed by atoms with Gasteiger partial charge in [-0.25, -0.2) is 0 Å². The molecule has 0 bridgehead atoms. The van der Waals surface area contributed by atoms with Gasteiger partial charge in [-0.05, 0) is 43.0 Å². The van der Waals surface area contributed by atoms with Gasteiger partial charge in [0.15, 0.2) is 0 Å². The number of aliphatic carboxylic acids is 1. The van der Waals surface area contributed by atoms with Crippen LogP contribution in [0.1, 0.15) is 61.7 Å². The van der Waals surface area contributed by atoms with Crippen molar-refractivity contribution in [1.82, 2.24) is 5.32 Å². The molecule has 0 unspecified atom stereocenters. The Labute approximate surface area is 148 Å². The fourth-order valence-electron chi connectivity index (χ4n) is 3.21. The molecule has 2 amide bonds. The molecule has 0 saturated heterocycles. The van der Waals surface area contributed by atoms with Crippen molar-refractivity contribution >= 4 is 23.5 Å². The Kier molecular flexibility index (Phi) is 7.44. The molecule has 0 radical (unpaired) electrons. The number of amides is 2. The molecule has 3 N–H and O–H groups in total. The SMILES string of the molecule is O=C(O)CNC(=O)c1ccc(NC(=O)CCCC2CCCCC2)cc1. The summed E-state index contributed by atoms with van der Waals surface area (Å²) in [7, 11) is 0. The molecule has 1 aliphatic rings. The highest BCUT2D eigenvalue weighted by atomic mass is 16.4. The fraction of sp³-hybridized carbons (Fsp3) is 0.526. The first-order valence-corrected chi connectivity index (χ1v) is 8.94. The van der Waals surface area contributed by atoms with Crippen molar-refractivity contribution in [3.05, 3.63) is 29.8 Å². The van der Waals surface area contributed by atoms with Crippen LogP contribution in [0.15, 0.2) is 24.3 Å². The average Bonchev–Trinajstić information content (AvgIpc) is 2.61. The van der Waals surface area contributed by atoms with Crippen LogP contribution in [0.25, 0.3) is 0 Å². The van der Waals surface area contributed by atoms with Crippen LogP contribution in [0, 0.1) is 5.92 Å². The Bertz CT molecular complexity index is 592. The van der Waals surface area contributed by atoms with Gasteiger partial charge in [-0.1, -0.05) is 32.1 Å². The van der Waals surface area contributed by atoms with Crippen molar-refractivity contribution < 1.29 is 19.5 Å². The number of nitrogens with one attached hydrogen (secondary N) is 2. The number of hydrogen-bond donors (Lipinski definition) is 3. The van der Waals surface area contributed by atoms with Crippen molar-refractivity contribution in [3.63, 3.8) is 0 Å². The molecule has 6 heteroatoms. The lowest BCUT2D eigenvalue weighted by Crippen LogP contribution is -2.29. The van der Waals surface area contributed by atoms with Gasteiger partial charge < -0.3 is 15.7 Å². The molecule has 0 atom stereocenters. The highest BCUT2D eigenvalue weighted by Crippen LogP contribution is 2.27. The van der Waals surface area contributed by atoms with E-state index in [2.05, 4.69) is 10.6 Å². The molecule has 1 aliphatic carbocycles. The second kappa shape index (κ2) is 9.81. The predicted molar refractivity (Wildman–Crippen MR) is 95.5 cm³/mol. The molecule has 1 saturated carbocycles. The molecule has 25 heavy (non-hydrogen) atoms. The van der Waals surface area contributed by atoms with E-state index in [4.69, 9.17) is 5.11 Å². The van der Waals surface area contributed by atoms with E-state index in [9.17, 15) is 14.4 Å². The molecule has 6 nitrogen and oxygen atoms in total. The van der Waals surface area contributed by atoms with Gasteiger partial charge in [-0.3, -0.25) is 14.4 Å². The minimum absolute atomic E-state index is 0.0149. The van der Waals surface area contributed by atoms with E-state index in [0.717, 1.165) is 18.8 Å². The molecule has 1 fully saturated rings. The Morgan fingerprint density at radius 1 is 1.04 bits per heavy atom. The molecule has 2 rings (SSSR count). The number of carbonyl (C=O) groups excluding carboxylic acids is 2. The highest BCUT2D eigenvalue weighted by Gasteiger charge is 2.14. The molecule has 136 valence electrons. The van der Waals surface area contributed by atoms with Crippen LogP contribution >= 0.6 is 0 Å². The Morgan fingerprint density at radius 2 is 1.72 bits per heavy atom. The largest absolute Gasteiger partial charge is 0.480 e. The summed E-state index contributed by atoms with van der Waals surface area (Å²) >= 11 is 0. The summed E-state index contributed by atoms with van der Waals surface area (Å²) in [5.74, 6) is -0.776. The molecule has 1 aromatic rings. The van der Waals surface area contributed by atoms with E-state index in [-0.39, 0.29) is 5.91 Å². The van der Waals surface area contributed by atoms with Gasteiger partial charge in [0, 0.05) is 17.7 Å². The second-order valence-corrected chi connectivity index (χ2v) is 6.60. The Hall–Kier alpha value is -2.37. The third-order valence-electron chi connectivity index (χ3n) is 4.57. The van der Waals surface area contributed by atoms with Crippen molar-refractivity contribution in [3.8, 4) is 0 Å². The van der Waals surface area contributed by atoms with Crippen LogP contribution in [0.5, 0.6) is 0 Å². The van der Waals surface area contributed by atoms with Crippen LogP contribution in [0.4, 0.5) is 5.69 Å². The van der Waals surface area contributed by atoms with Gasteiger partial charge in [0.2, 0.25) is 5.91 Å². The fourth-order valence-corrected chi connectivity index (χ4v) is 3.21. The van der Waals surface area contributed by atoms with Crippen molar-refractivity contribution in [2.45, 2.75) is 51.4 Å². The zero-order valence-electron chi connectivity index (χ0n) is 14.4. The van der Waals surface area contributed by atoms with E-state index in [1.165, 1.54) is 32.1 Å². The Morgan fingerprint density at radius 3 is 2.36 bits per heavy atom. The Balaban J connectivity index is 1.71. The van der Waals surface area contributed by atoms with Crippen LogP contribution in [0.2, 0.25) is 0 Å². The zero-order chi connectivity index (χ0) is 18.1. The van der Waals surface area contributed by atoms with Gasteiger partial charge in [0.1, 0.15) is 6.54 Å². The summed E-state index contributed by atoms with van der Waals surface area (Å²) in [6.07, 6.45) is 9.13. The van der Waals surface area contributed by atoms with Gasteiger partial charge in [-0.15, -0.1) is 0 Å².